The van der Waals surface area contributed by atoms with Gasteiger partial charge in [0.05, 0.1) is 0 Å². The molecule has 0 aliphatic rings. The Bertz CT molecular complexity index is 570. The van der Waals surface area contributed by atoms with E-state index in [0.717, 1.165) is 11.1 Å². The molecule has 0 saturated heterocycles. The smallest absolute Gasteiger partial charge is 0.408 e. The van der Waals surface area contributed by atoms with E-state index in [4.69, 9.17) is 9.47 Å². The second-order valence-corrected chi connectivity index (χ2v) is 6.92. The molecule has 0 heterocycles. The largest absolute Gasteiger partial charge is 0.459 e. The summed E-state index contributed by atoms with van der Waals surface area (Å²) in [4.78, 5) is 24.1. The van der Waals surface area contributed by atoms with Crippen molar-refractivity contribution in [3.8, 4) is 0 Å². The number of nitrogens with one attached hydrogen (secondary N) is 1. The van der Waals surface area contributed by atoms with Gasteiger partial charge in [0, 0.05) is 0 Å². The third-order valence-corrected chi connectivity index (χ3v) is 3.19. The van der Waals surface area contributed by atoms with Crippen molar-refractivity contribution in [3.05, 3.63) is 42.0 Å². The number of hydrogen-bond acceptors (Lipinski definition) is 4. The second kappa shape index (κ2) is 8.52. The lowest BCUT2D eigenvalue weighted by atomic mass is 10.1. The highest BCUT2D eigenvalue weighted by Gasteiger charge is 2.28. The fourth-order valence-electron chi connectivity index (χ4n) is 1.93. The molecule has 0 unspecified atom stereocenters. The number of ether oxygens (including phenoxy) is 2. The molecular formula is C19H27NO4. The Morgan fingerprint density at radius 1 is 1.21 bits per heavy atom. The van der Waals surface area contributed by atoms with Crippen LogP contribution in [0.15, 0.2) is 30.8 Å². The standard InChI is InChI=1S/C19H27NO4/c1-7-14-8-10-15(11-9-14)12-23-17(21)16(13(2)3)20-18(22)24-19(4,5)6/h7-11,13,16H,1,12H2,2-6H3,(H,20,22)/t16-/m0/s1. The van der Waals surface area contributed by atoms with Gasteiger partial charge in [-0.05, 0) is 37.8 Å². The van der Waals surface area contributed by atoms with Crippen LogP contribution in [-0.2, 0) is 20.9 Å². The predicted molar refractivity (Wildman–Crippen MR) is 94.3 cm³/mol. The van der Waals surface area contributed by atoms with Gasteiger partial charge in [0.25, 0.3) is 0 Å². The van der Waals surface area contributed by atoms with Gasteiger partial charge in [0.1, 0.15) is 18.2 Å². The summed E-state index contributed by atoms with van der Waals surface area (Å²) in [5.41, 5.74) is 1.24. The maximum Gasteiger partial charge on any atom is 0.408 e. The quantitative estimate of drug-likeness (QED) is 0.801. The molecule has 5 nitrogen and oxygen atoms in total. The minimum Gasteiger partial charge on any atom is -0.459 e. The van der Waals surface area contributed by atoms with Crippen LogP contribution >= 0.6 is 0 Å². The fraction of sp³-hybridized carbons (Fsp3) is 0.474. The van der Waals surface area contributed by atoms with Gasteiger partial charge >= 0.3 is 12.1 Å². The van der Waals surface area contributed by atoms with E-state index in [2.05, 4.69) is 11.9 Å². The number of carbonyl (C=O) groups is 2. The lowest BCUT2D eigenvalue weighted by Gasteiger charge is -2.24. The molecule has 1 atom stereocenters. The van der Waals surface area contributed by atoms with Crippen molar-refractivity contribution in [2.75, 3.05) is 0 Å². The average molecular weight is 333 g/mol. The zero-order valence-corrected chi connectivity index (χ0v) is 15.1. The first-order valence-electron chi connectivity index (χ1n) is 8.00. The zero-order valence-electron chi connectivity index (χ0n) is 15.1. The predicted octanol–water partition coefficient (Wildman–Crippen LogP) is 3.92. The Balaban J connectivity index is 2.62. The first-order valence-corrected chi connectivity index (χ1v) is 8.00. The van der Waals surface area contributed by atoms with Crippen LogP contribution in [0.1, 0.15) is 45.7 Å². The summed E-state index contributed by atoms with van der Waals surface area (Å²) in [5.74, 6) is -0.600. The van der Waals surface area contributed by atoms with Crippen molar-refractivity contribution in [1.82, 2.24) is 5.32 Å². The number of alkyl carbamates (subject to hydrolysis) is 1. The van der Waals surface area contributed by atoms with Crippen molar-refractivity contribution in [3.63, 3.8) is 0 Å². The molecule has 0 radical (unpaired) electrons. The number of benzene rings is 1. The average Bonchev–Trinajstić information content (AvgIpc) is 2.48. The van der Waals surface area contributed by atoms with E-state index in [0.29, 0.717) is 0 Å². The highest BCUT2D eigenvalue weighted by molar-refractivity contribution is 5.81. The number of carbonyl (C=O) groups excluding carboxylic acids is 2. The first kappa shape index (κ1) is 19.7. The van der Waals surface area contributed by atoms with Crippen molar-refractivity contribution < 1.29 is 19.1 Å². The maximum atomic E-state index is 12.3. The van der Waals surface area contributed by atoms with Crippen LogP contribution < -0.4 is 5.32 Å². The highest BCUT2D eigenvalue weighted by Crippen LogP contribution is 2.11. The van der Waals surface area contributed by atoms with E-state index in [1.54, 1.807) is 26.8 Å². The van der Waals surface area contributed by atoms with E-state index in [1.165, 1.54) is 0 Å². The zero-order chi connectivity index (χ0) is 18.3. The van der Waals surface area contributed by atoms with E-state index < -0.39 is 23.7 Å². The Kier molecular flexibility index (Phi) is 7.01. The number of esters is 1. The van der Waals surface area contributed by atoms with Crippen LogP contribution in [0.25, 0.3) is 6.08 Å². The molecule has 1 rings (SSSR count). The molecular weight excluding hydrogens is 306 g/mol. The van der Waals surface area contributed by atoms with Gasteiger partial charge in [0.2, 0.25) is 0 Å². The van der Waals surface area contributed by atoms with Crippen molar-refractivity contribution in [1.29, 1.82) is 0 Å². The summed E-state index contributed by atoms with van der Waals surface area (Å²) in [5, 5.41) is 2.58. The van der Waals surface area contributed by atoms with Gasteiger partial charge in [-0.15, -0.1) is 0 Å². The Hall–Kier alpha value is -2.30. The molecule has 24 heavy (non-hydrogen) atoms. The number of hydrogen-bond donors (Lipinski definition) is 1. The van der Waals surface area contributed by atoms with Crippen LogP contribution in [0.3, 0.4) is 0 Å². The third-order valence-electron chi connectivity index (χ3n) is 3.19. The topological polar surface area (TPSA) is 64.6 Å². The summed E-state index contributed by atoms with van der Waals surface area (Å²) < 4.78 is 10.5. The lowest BCUT2D eigenvalue weighted by Crippen LogP contribution is -2.47. The van der Waals surface area contributed by atoms with Gasteiger partial charge in [-0.1, -0.05) is 50.8 Å². The number of rotatable bonds is 6. The van der Waals surface area contributed by atoms with E-state index in [1.807, 2.05) is 38.1 Å². The molecule has 1 amide bonds. The Morgan fingerprint density at radius 3 is 2.25 bits per heavy atom. The van der Waals surface area contributed by atoms with E-state index >= 15 is 0 Å². The molecule has 0 spiro atoms. The summed E-state index contributed by atoms with van der Waals surface area (Å²) >= 11 is 0. The summed E-state index contributed by atoms with van der Waals surface area (Å²) in [6, 6.07) is 6.78. The van der Waals surface area contributed by atoms with Crippen molar-refractivity contribution in [2.24, 2.45) is 5.92 Å². The van der Waals surface area contributed by atoms with Crippen LogP contribution in [0.5, 0.6) is 0 Å². The van der Waals surface area contributed by atoms with Gasteiger partial charge in [-0.2, -0.15) is 0 Å². The third kappa shape index (κ3) is 6.86. The molecule has 0 bridgehead atoms. The summed E-state index contributed by atoms with van der Waals surface area (Å²) in [6.45, 7) is 12.8. The molecule has 0 aliphatic carbocycles. The molecule has 1 aromatic carbocycles. The lowest BCUT2D eigenvalue weighted by molar-refractivity contribution is -0.148. The minimum absolute atomic E-state index is 0.117. The molecule has 1 aromatic rings. The fourth-order valence-corrected chi connectivity index (χ4v) is 1.93. The van der Waals surface area contributed by atoms with Crippen molar-refractivity contribution in [2.45, 2.75) is 52.9 Å². The molecule has 1 N–H and O–H groups in total. The maximum absolute atomic E-state index is 12.3. The van der Waals surface area contributed by atoms with Crippen LogP contribution in [0.2, 0.25) is 0 Å². The van der Waals surface area contributed by atoms with Gasteiger partial charge in [0.15, 0.2) is 0 Å². The van der Waals surface area contributed by atoms with E-state index in [9.17, 15) is 9.59 Å². The molecule has 5 heteroatoms. The highest BCUT2D eigenvalue weighted by atomic mass is 16.6. The first-order chi connectivity index (χ1) is 11.1. The van der Waals surface area contributed by atoms with Crippen molar-refractivity contribution >= 4 is 18.1 Å². The SMILES string of the molecule is C=Cc1ccc(COC(=O)[C@@H](NC(=O)OC(C)(C)C)C(C)C)cc1. The van der Waals surface area contributed by atoms with Crippen LogP contribution in [0.4, 0.5) is 4.79 Å². The number of amides is 1. The molecule has 0 aliphatic heterocycles. The Morgan fingerprint density at radius 2 is 1.79 bits per heavy atom. The summed E-state index contributed by atoms with van der Waals surface area (Å²) in [7, 11) is 0. The van der Waals surface area contributed by atoms with Crippen LogP contribution in [-0.4, -0.2) is 23.7 Å². The normalized spacial score (nSPS) is 12.4. The molecule has 132 valence electrons. The molecule has 0 fully saturated rings. The minimum atomic E-state index is -0.757. The molecule has 0 saturated carbocycles. The van der Waals surface area contributed by atoms with E-state index in [-0.39, 0.29) is 12.5 Å². The summed E-state index contributed by atoms with van der Waals surface area (Å²) in [6.07, 6.45) is 1.11. The van der Waals surface area contributed by atoms with Gasteiger partial charge < -0.3 is 14.8 Å². The second-order valence-electron chi connectivity index (χ2n) is 6.92. The monoisotopic (exact) mass is 333 g/mol. The molecule has 0 aromatic heterocycles. The Labute approximate surface area is 144 Å². The van der Waals surface area contributed by atoms with Crippen LogP contribution in [0, 0.1) is 5.92 Å². The van der Waals surface area contributed by atoms with Gasteiger partial charge in [-0.25, -0.2) is 9.59 Å². The van der Waals surface area contributed by atoms with Gasteiger partial charge in [-0.3, -0.25) is 0 Å².